The van der Waals surface area contributed by atoms with Crippen LogP contribution in [0.1, 0.15) is 32.4 Å². The zero-order valence-corrected chi connectivity index (χ0v) is 14.3. The molecule has 130 valence electrons. The van der Waals surface area contributed by atoms with Crippen LogP contribution in [0, 0.1) is 17.0 Å². The van der Waals surface area contributed by atoms with Crippen LogP contribution >= 0.6 is 12.4 Å². The van der Waals surface area contributed by atoms with E-state index in [9.17, 15) is 13.6 Å². The molecule has 0 spiro atoms. The molecule has 0 bridgehead atoms. The van der Waals surface area contributed by atoms with E-state index in [1.807, 2.05) is 20.8 Å². The van der Waals surface area contributed by atoms with E-state index >= 15 is 0 Å². The highest BCUT2D eigenvalue weighted by Gasteiger charge is 2.33. The van der Waals surface area contributed by atoms with Crippen LogP contribution < -0.4 is 10.6 Å². The quantitative estimate of drug-likeness (QED) is 0.882. The fraction of sp³-hybridized carbons (Fsp3) is 0.562. The summed E-state index contributed by atoms with van der Waals surface area (Å²) < 4.78 is 32.6. The molecule has 2 atom stereocenters. The minimum Gasteiger partial charge on any atom is -0.366 e. The predicted octanol–water partition coefficient (Wildman–Crippen LogP) is 2.58. The molecule has 0 aromatic heterocycles. The van der Waals surface area contributed by atoms with Crippen LogP contribution in [0.2, 0.25) is 0 Å². The van der Waals surface area contributed by atoms with Crippen LogP contribution in [-0.4, -0.2) is 31.7 Å². The second kappa shape index (κ2) is 8.04. The van der Waals surface area contributed by atoms with Gasteiger partial charge in [-0.2, -0.15) is 0 Å². The number of halogens is 3. The molecule has 1 aliphatic rings. The Morgan fingerprint density at radius 1 is 1.39 bits per heavy atom. The van der Waals surface area contributed by atoms with Crippen molar-refractivity contribution in [3.05, 3.63) is 35.4 Å². The number of morpholine rings is 1. The topological polar surface area (TPSA) is 50.4 Å². The first-order valence-corrected chi connectivity index (χ1v) is 7.36. The van der Waals surface area contributed by atoms with E-state index < -0.39 is 29.2 Å². The molecule has 23 heavy (non-hydrogen) atoms. The van der Waals surface area contributed by atoms with Crippen LogP contribution in [0.5, 0.6) is 0 Å². The average molecular weight is 349 g/mol. The van der Waals surface area contributed by atoms with Crippen LogP contribution in [0.25, 0.3) is 0 Å². The Morgan fingerprint density at radius 3 is 2.61 bits per heavy atom. The number of hydrogen-bond donors (Lipinski definition) is 2. The lowest BCUT2D eigenvalue weighted by molar-refractivity contribution is -0.135. The van der Waals surface area contributed by atoms with Gasteiger partial charge in [-0.3, -0.25) is 4.79 Å². The summed E-state index contributed by atoms with van der Waals surface area (Å²) in [6, 6.07) is 2.83. The van der Waals surface area contributed by atoms with Gasteiger partial charge in [0.25, 0.3) is 5.91 Å². The summed E-state index contributed by atoms with van der Waals surface area (Å²) in [4.78, 5) is 12.3. The zero-order chi connectivity index (χ0) is 16.3. The zero-order valence-electron chi connectivity index (χ0n) is 13.5. The van der Waals surface area contributed by atoms with Gasteiger partial charge in [-0.1, -0.05) is 26.8 Å². The number of amides is 1. The van der Waals surface area contributed by atoms with Gasteiger partial charge in [-0.15, -0.1) is 12.4 Å². The lowest BCUT2D eigenvalue weighted by atomic mass is 9.82. The van der Waals surface area contributed by atoms with E-state index in [1.54, 1.807) is 0 Å². The molecule has 1 amide bonds. The van der Waals surface area contributed by atoms with E-state index in [1.165, 1.54) is 12.1 Å². The van der Waals surface area contributed by atoms with Crippen molar-refractivity contribution in [1.29, 1.82) is 0 Å². The minimum atomic E-state index is -0.664. The number of carbonyl (C=O) groups is 1. The van der Waals surface area contributed by atoms with Crippen molar-refractivity contribution in [2.45, 2.75) is 32.9 Å². The smallest absolute Gasteiger partial charge is 0.250 e. The van der Waals surface area contributed by atoms with Crippen LogP contribution in [-0.2, 0) is 9.53 Å². The minimum absolute atomic E-state index is 0. The molecule has 4 nitrogen and oxygen atoms in total. The van der Waals surface area contributed by atoms with Crippen LogP contribution in [0.3, 0.4) is 0 Å². The Kier molecular flexibility index (Phi) is 6.92. The lowest BCUT2D eigenvalue weighted by Crippen LogP contribution is -2.50. The fourth-order valence-corrected chi connectivity index (χ4v) is 2.47. The Labute approximate surface area is 141 Å². The van der Waals surface area contributed by atoms with Gasteiger partial charge >= 0.3 is 0 Å². The highest BCUT2D eigenvalue weighted by Crippen LogP contribution is 2.34. The summed E-state index contributed by atoms with van der Waals surface area (Å²) in [5, 5.41) is 5.91. The van der Waals surface area contributed by atoms with Gasteiger partial charge < -0.3 is 15.4 Å². The molecular formula is C16H23ClF2N2O2. The van der Waals surface area contributed by atoms with Crippen molar-refractivity contribution in [2.75, 3.05) is 19.7 Å². The van der Waals surface area contributed by atoms with Crippen molar-refractivity contribution >= 4 is 18.3 Å². The third-order valence-electron chi connectivity index (χ3n) is 3.65. The Bertz CT molecular complexity index is 543. The average Bonchev–Trinajstić information content (AvgIpc) is 2.45. The molecule has 1 heterocycles. The van der Waals surface area contributed by atoms with Crippen molar-refractivity contribution in [3.63, 3.8) is 0 Å². The third-order valence-corrected chi connectivity index (χ3v) is 3.65. The fourth-order valence-electron chi connectivity index (χ4n) is 2.47. The Morgan fingerprint density at radius 2 is 2.09 bits per heavy atom. The first kappa shape index (κ1) is 19.8. The van der Waals surface area contributed by atoms with Crippen molar-refractivity contribution < 1.29 is 18.3 Å². The maximum Gasteiger partial charge on any atom is 0.250 e. The summed E-state index contributed by atoms with van der Waals surface area (Å²) >= 11 is 0. The molecule has 2 N–H and O–H groups in total. The summed E-state index contributed by atoms with van der Waals surface area (Å²) in [7, 11) is 0. The number of benzene rings is 1. The highest BCUT2D eigenvalue weighted by molar-refractivity contribution is 5.85. The number of rotatable bonds is 3. The summed E-state index contributed by atoms with van der Waals surface area (Å²) in [6.07, 6.45) is -0.595. The van der Waals surface area contributed by atoms with Gasteiger partial charge in [0.05, 0.1) is 12.6 Å². The highest BCUT2D eigenvalue weighted by atomic mass is 35.5. The molecular weight excluding hydrogens is 326 g/mol. The molecule has 0 radical (unpaired) electrons. The number of ether oxygens (including phenoxy) is 1. The van der Waals surface area contributed by atoms with Crippen LogP contribution in [0.4, 0.5) is 8.78 Å². The second-order valence-corrected chi connectivity index (χ2v) is 6.54. The molecule has 0 aliphatic carbocycles. The summed E-state index contributed by atoms with van der Waals surface area (Å²) in [6.45, 7) is 7.26. The largest absolute Gasteiger partial charge is 0.366 e. The molecule has 1 saturated heterocycles. The van der Waals surface area contributed by atoms with Crippen molar-refractivity contribution in [2.24, 2.45) is 5.41 Å². The van der Waals surface area contributed by atoms with Gasteiger partial charge in [0, 0.05) is 24.7 Å². The van der Waals surface area contributed by atoms with Crippen LogP contribution in [0.15, 0.2) is 18.2 Å². The molecule has 1 aromatic rings. The normalized spacial score (nSPS) is 19.6. The monoisotopic (exact) mass is 348 g/mol. The number of carbonyl (C=O) groups excluding carboxylic acids is 1. The summed E-state index contributed by atoms with van der Waals surface area (Å²) in [5.41, 5.74) is -0.165. The lowest BCUT2D eigenvalue weighted by Gasteiger charge is -2.34. The molecule has 7 heteroatoms. The number of hydrogen-bond acceptors (Lipinski definition) is 3. The third kappa shape index (κ3) is 5.12. The summed E-state index contributed by atoms with van der Waals surface area (Å²) in [5.74, 6) is -1.60. The molecule has 2 unspecified atom stereocenters. The van der Waals surface area contributed by atoms with E-state index in [2.05, 4.69) is 10.6 Å². The maximum absolute atomic E-state index is 14.1. The van der Waals surface area contributed by atoms with Gasteiger partial charge in [-0.05, 0) is 11.5 Å². The molecule has 2 rings (SSSR count). The van der Waals surface area contributed by atoms with Gasteiger partial charge in [-0.25, -0.2) is 8.78 Å². The maximum atomic E-state index is 14.1. The molecule has 1 aromatic carbocycles. The number of nitrogens with one attached hydrogen (secondary N) is 2. The molecule has 1 aliphatic heterocycles. The van der Waals surface area contributed by atoms with Gasteiger partial charge in [0.15, 0.2) is 0 Å². The first-order chi connectivity index (χ1) is 10.3. The Hall–Kier alpha value is -1.24. The van der Waals surface area contributed by atoms with E-state index in [0.717, 1.165) is 6.07 Å². The second-order valence-electron chi connectivity index (χ2n) is 6.54. The Balaban J connectivity index is 0.00000264. The molecule has 0 saturated carbocycles. The standard InChI is InChI=1S/C16H22F2N2O2.ClH/c1-16(2,3)14(11-5-4-10(17)8-12(11)18)20-15(21)13-9-19-6-7-22-13;/h4-5,8,13-14,19H,6-7,9H2,1-3H3,(H,20,21);1H. The van der Waals surface area contributed by atoms with E-state index in [-0.39, 0.29) is 23.9 Å². The first-order valence-electron chi connectivity index (χ1n) is 7.36. The van der Waals surface area contributed by atoms with Crippen molar-refractivity contribution in [3.8, 4) is 0 Å². The van der Waals surface area contributed by atoms with Crippen molar-refractivity contribution in [1.82, 2.24) is 10.6 Å². The molecule has 1 fully saturated rings. The predicted molar refractivity (Wildman–Crippen MR) is 86.6 cm³/mol. The van der Waals surface area contributed by atoms with Gasteiger partial charge in [0.1, 0.15) is 17.7 Å². The van der Waals surface area contributed by atoms with E-state index in [0.29, 0.717) is 19.7 Å². The SMILES string of the molecule is CC(C)(C)C(NC(=O)C1CNCCO1)c1ccc(F)cc1F.Cl. The van der Waals surface area contributed by atoms with Gasteiger partial charge in [0.2, 0.25) is 0 Å². The van der Waals surface area contributed by atoms with E-state index in [4.69, 9.17) is 4.74 Å².